The number of anilines is 1. The van der Waals surface area contributed by atoms with Crippen LogP contribution in [0.2, 0.25) is 5.02 Å². The molecular formula is C11H13ClN6OS. The summed E-state index contributed by atoms with van der Waals surface area (Å²) in [5, 5.41) is 14.8. The fourth-order valence-corrected chi connectivity index (χ4v) is 2.33. The molecule has 106 valence electrons. The summed E-state index contributed by atoms with van der Waals surface area (Å²) < 4.78 is 1.63. The van der Waals surface area contributed by atoms with Crippen LogP contribution in [0.5, 0.6) is 0 Å². The van der Waals surface area contributed by atoms with Crippen LogP contribution in [-0.4, -0.2) is 36.3 Å². The summed E-state index contributed by atoms with van der Waals surface area (Å²) >= 11 is 7.03. The molecule has 0 fully saturated rings. The number of nitrogens with zero attached hydrogens (tertiary/aromatic N) is 5. The van der Waals surface area contributed by atoms with Crippen molar-refractivity contribution in [3.63, 3.8) is 0 Å². The number of carbonyl (C=O) groups is 1. The molecule has 9 heteroatoms. The van der Waals surface area contributed by atoms with Crippen molar-refractivity contribution >= 4 is 35.1 Å². The second-order valence-electron chi connectivity index (χ2n) is 3.89. The number of aromatic nitrogens is 5. The minimum atomic E-state index is -0.344. The van der Waals surface area contributed by atoms with Crippen LogP contribution in [0, 0.1) is 0 Å². The Morgan fingerprint density at radius 3 is 3.00 bits per heavy atom. The summed E-state index contributed by atoms with van der Waals surface area (Å²) in [7, 11) is 0. The molecule has 0 aliphatic rings. The highest BCUT2D eigenvalue weighted by molar-refractivity contribution is 8.00. The van der Waals surface area contributed by atoms with Gasteiger partial charge in [0.25, 0.3) is 0 Å². The van der Waals surface area contributed by atoms with Gasteiger partial charge in [0, 0.05) is 12.7 Å². The standard InChI is InChI=1S/C11H13ClN6OS/c1-3-18-11(15-16-17-18)20-7(2)10(19)14-9-5-4-8(12)6-13-9/h4-7H,3H2,1-2H3,(H,13,14,19)/t7-/m1/s1. The molecule has 0 saturated heterocycles. The van der Waals surface area contributed by atoms with Crippen LogP contribution in [0.25, 0.3) is 0 Å². The molecule has 0 radical (unpaired) electrons. The van der Waals surface area contributed by atoms with Crippen molar-refractivity contribution in [3.05, 3.63) is 23.4 Å². The number of pyridine rings is 1. The Balaban J connectivity index is 1.97. The zero-order chi connectivity index (χ0) is 14.5. The van der Waals surface area contributed by atoms with Gasteiger partial charge in [0.1, 0.15) is 5.82 Å². The molecule has 2 aromatic rings. The van der Waals surface area contributed by atoms with Crippen molar-refractivity contribution in [3.8, 4) is 0 Å². The molecule has 2 heterocycles. The smallest absolute Gasteiger partial charge is 0.238 e. The van der Waals surface area contributed by atoms with Crippen molar-refractivity contribution in [2.45, 2.75) is 30.8 Å². The molecule has 0 spiro atoms. The van der Waals surface area contributed by atoms with Crippen LogP contribution in [0.4, 0.5) is 5.82 Å². The number of nitrogens with one attached hydrogen (secondary N) is 1. The van der Waals surface area contributed by atoms with Crippen LogP contribution in [0.1, 0.15) is 13.8 Å². The number of amides is 1. The van der Waals surface area contributed by atoms with Gasteiger partial charge in [-0.05, 0) is 36.4 Å². The Morgan fingerprint density at radius 1 is 1.55 bits per heavy atom. The molecule has 7 nitrogen and oxygen atoms in total. The molecule has 2 aromatic heterocycles. The summed E-state index contributed by atoms with van der Waals surface area (Å²) in [6.45, 7) is 4.37. The van der Waals surface area contributed by atoms with Crippen molar-refractivity contribution in [1.29, 1.82) is 0 Å². The summed E-state index contributed by atoms with van der Waals surface area (Å²) in [5.74, 6) is 0.289. The summed E-state index contributed by atoms with van der Waals surface area (Å²) in [6.07, 6.45) is 1.48. The van der Waals surface area contributed by atoms with Gasteiger partial charge in [-0.2, -0.15) is 0 Å². The van der Waals surface area contributed by atoms with Crippen LogP contribution < -0.4 is 5.32 Å². The van der Waals surface area contributed by atoms with Crippen LogP contribution in [0.15, 0.2) is 23.5 Å². The number of carbonyl (C=O) groups excluding carboxylic acids is 1. The second-order valence-corrected chi connectivity index (χ2v) is 5.63. The SMILES string of the molecule is CCn1nnnc1S[C@H](C)C(=O)Nc1ccc(Cl)cn1. The lowest BCUT2D eigenvalue weighted by atomic mass is 10.4. The number of halogens is 1. The van der Waals surface area contributed by atoms with Crippen LogP contribution >= 0.6 is 23.4 Å². The van der Waals surface area contributed by atoms with E-state index >= 15 is 0 Å². The molecule has 1 atom stereocenters. The van der Waals surface area contributed by atoms with E-state index in [-0.39, 0.29) is 11.2 Å². The summed E-state index contributed by atoms with van der Waals surface area (Å²) in [6, 6.07) is 3.31. The number of rotatable bonds is 5. The first-order valence-corrected chi connectivity index (χ1v) is 7.21. The maximum Gasteiger partial charge on any atom is 0.238 e. The molecule has 0 aliphatic carbocycles. The van der Waals surface area contributed by atoms with Crippen molar-refractivity contribution < 1.29 is 4.79 Å². The zero-order valence-electron chi connectivity index (χ0n) is 10.9. The van der Waals surface area contributed by atoms with E-state index in [1.165, 1.54) is 18.0 Å². The number of thioether (sulfide) groups is 1. The predicted molar refractivity (Wildman–Crippen MR) is 76.7 cm³/mol. The van der Waals surface area contributed by atoms with Gasteiger partial charge in [-0.1, -0.05) is 23.4 Å². The van der Waals surface area contributed by atoms with E-state index in [2.05, 4.69) is 25.8 Å². The summed E-state index contributed by atoms with van der Waals surface area (Å²) in [5.41, 5.74) is 0. The van der Waals surface area contributed by atoms with Gasteiger partial charge in [0.15, 0.2) is 0 Å². The average molecular weight is 313 g/mol. The second kappa shape index (κ2) is 6.67. The van der Waals surface area contributed by atoms with E-state index < -0.39 is 0 Å². The van der Waals surface area contributed by atoms with E-state index in [0.717, 1.165) is 0 Å². The zero-order valence-corrected chi connectivity index (χ0v) is 12.5. The maximum absolute atomic E-state index is 12.0. The van der Waals surface area contributed by atoms with Crippen molar-refractivity contribution in [2.24, 2.45) is 0 Å². The van der Waals surface area contributed by atoms with E-state index in [1.807, 2.05) is 6.92 Å². The van der Waals surface area contributed by atoms with Gasteiger partial charge in [0.05, 0.1) is 10.3 Å². The topological polar surface area (TPSA) is 85.6 Å². The molecule has 20 heavy (non-hydrogen) atoms. The van der Waals surface area contributed by atoms with Gasteiger partial charge in [-0.15, -0.1) is 5.10 Å². The Morgan fingerprint density at radius 2 is 2.35 bits per heavy atom. The van der Waals surface area contributed by atoms with Gasteiger partial charge in [-0.25, -0.2) is 9.67 Å². The fourth-order valence-electron chi connectivity index (χ4n) is 1.37. The number of aryl methyl sites for hydroxylation is 1. The fraction of sp³-hybridized carbons (Fsp3) is 0.364. The molecule has 0 aromatic carbocycles. The molecule has 0 unspecified atom stereocenters. The van der Waals surface area contributed by atoms with Gasteiger partial charge in [0.2, 0.25) is 11.1 Å². The third kappa shape index (κ3) is 3.67. The first-order chi connectivity index (χ1) is 9.60. The van der Waals surface area contributed by atoms with Crippen LogP contribution in [0.3, 0.4) is 0 Å². The van der Waals surface area contributed by atoms with E-state index in [1.54, 1.807) is 23.7 Å². The number of hydrogen-bond acceptors (Lipinski definition) is 6. The first kappa shape index (κ1) is 14.7. The van der Waals surface area contributed by atoms with E-state index in [4.69, 9.17) is 11.6 Å². The minimum Gasteiger partial charge on any atom is -0.310 e. The lowest BCUT2D eigenvalue weighted by molar-refractivity contribution is -0.115. The van der Waals surface area contributed by atoms with Gasteiger partial charge < -0.3 is 5.32 Å². The van der Waals surface area contributed by atoms with Crippen molar-refractivity contribution in [1.82, 2.24) is 25.2 Å². The van der Waals surface area contributed by atoms with Gasteiger partial charge in [-0.3, -0.25) is 4.79 Å². The lowest BCUT2D eigenvalue weighted by Crippen LogP contribution is -2.23. The Labute approximate surface area is 125 Å². The maximum atomic E-state index is 12.0. The predicted octanol–water partition coefficient (Wildman–Crippen LogP) is 1.86. The minimum absolute atomic E-state index is 0.171. The van der Waals surface area contributed by atoms with E-state index in [9.17, 15) is 4.79 Å². The largest absolute Gasteiger partial charge is 0.310 e. The Kier molecular flexibility index (Phi) is 4.91. The molecule has 1 amide bonds. The quantitative estimate of drug-likeness (QED) is 0.848. The number of hydrogen-bond donors (Lipinski definition) is 1. The Hall–Kier alpha value is -1.67. The Bertz CT molecular complexity index is 587. The third-order valence-corrected chi connectivity index (χ3v) is 3.72. The molecule has 0 saturated carbocycles. The van der Waals surface area contributed by atoms with Gasteiger partial charge >= 0.3 is 0 Å². The highest BCUT2D eigenvalue weighted by Gasteiger charge is 2.18. The summed E-state index contributed by atoms with van der Waals surface area (Å²) in [4.78, 5) is 16.1. The third-order valence-electron chi connectivity index (χ3n) is 2.43. The normalized spacial score (nSPS) is 12.2. The van der Waals surface area contributed by atoms with Crippen LogP contribution in [-0.2, 0) is 11.3 Å². The number of tetrazole rings is 1. The average Bonchev–Trinajstić information content (AvgIpc) is 2.88. The first-order valence-electron chi connectivity index (χ1n) is 5.95. The molecule has 0 bridgehead atoms. The highest BCUT2D eigenvalue weighted by atomic mass is 35.5. The molecule has 0 aliphatic heterocycles. The lowest BCUT2D eigenvalue weighted by Gasteiger charge is -2.10. The molecule has 1 N–H and O–H groups in total. The highest BCUT2D eigenvalue weighted by Crippen LogP contribution is 2.21. The molecular weight excluding hydrogens is 300 g/mol. The molecule has 2 rings (SSSR count). The van der Waals surface area contributed by atoms with Crippen molar-refractivity contribution in [2.75, 3.05) is 5.32 Å². The van der Waals surface area contributed by atoms with E-state index in [0.29, 0.717) is 22.5 Å². The monoisotopic (exact) mass is 312 g/mol.